The molecule has 0 spiro atoms. The van der Waals surface area contributed by atoms with Gasteiger partial charge in [0.1, 0.15) is 5.00 Å². The van der Waals surface area contributed by atoms with Crippen LogP contribution in [-0.4, -0.2) is 16.1 Å². The molecule has 10 heavy (non-hydrogen) atoms. The molecular weight excluding hydrogens is 150 g/mol. The van der Waals surface area contributed by atoms with Gasteiger partial charge in [-0.15, -0.1) is 0 Å². The smallest absolute Gasteiger partial charge is 0.130 e. The van der Waals surface area contributed by atoms with Gasteiger partial charge in [0.2, 0.25) is 0 Å². The molecule has 0 amide bonds. The number of rotatable bonds is 2. The summed E-state index contributed by atoms with van der Waals surface area (Å²) in [6.07, 6.45) is 0.486. The van der Waals surface area contributed by atoms with Crippen LogP contribution in [0.1, 0.15) is 5.69 Å². The molecule has 0 radical (unpaired) electrons. The van der Waals surface area contributed by atoms with E-state index in [9.17, 15) is 0 Å². The summed E-state index contributed by atoms with van der Waals surface area (Å²) in [7, 11) is 0. The Labute approximate surface area is 62.6 Å². The second kappa shape index (κ2) is 2.85. The minimum Gasteiger partial charge on any atom is -0.396 e. The number of hydrogen-bond donors (Lipinski definition) is 3. The van der Waals surface area contributed by atoms with E-state index in [2.05, 4.69) is 4.37 Å². The molecule has 0 atom stereocenters. The maximum absolute atomic E-state index is 8.52. The molecule has 0 unspecified atom stereocenters. The lowest BCUT2D eigenvalue weighted by atomic mass is 10.3. The lowest BCUT2D eigenvalue weighted by molar-refractivity contribution is 0.299. The van der Waals surface area contributed by atoms with Crippen LogP contribution in [0, 0.1) is 0 Å². The third-order valence-corrected chi connectivity index (χ3v) is 1.91. The number of aromatic nitrogens is 1. The van der Waals surface area contributed by atoms with E-state index in [0.717, 1.165) is 11.5 Å². The Kier molecular flexibility index (Phi) is 2.08. The predicted octanol–water partition coefficient (Wildman–Crippen LogP) is -0.158. The molecule has 1 aromatic heterocycles. The molecule has 5 heteroatoms. The summed E-state index contributed by atoms with van der Waals surface area (Å²) in [4.78, 5) is 0. The Morgan fingerprint density at radius 3 is 2.60 bits per heavy atom. The largest absolute Gasteiger partial charge is 0.396 e. The molecule has 0 aliphatic rings. The first kappa shape index (κ1) is 7.30. The molecule has 0 aromatic carbocycles. The van der Waals surface area contributed by atoms with E-state index in [1.807, 2.05) is 0 Å². The first-order valence-electron chi connectivity index (χ1n) is 2.86. The molecule has 0 fully saturated rings. The summed E-state index contributed by atoms with van der Waals surface area (Å²) >= 11 is 1.16. The summed E-state index contributed by atoms with van der Waals surface area (Å²) in [5.74, 6) is 0. The van der Waals surface area contributed by atoms with Crippen molar-refractivity contribution in [3.63, 3.8) is 0 Å². The highest BCUT2D eigenvalue weighted by molar-refractivity contribution is 7.10. The highest BCUT2D eigenvalue weighted by Gasteiger charge is 2.05. The van der Waals surface area contributed by atoms with Gasteiger partial charge in [0.25, 0.3) is 0 Å². The van der Waals surface area contributed by atoms with Crippen molar-refractivity contribution in [2.24, 2.45) is 0 Å². The van der Waals surface area contributed by atoms with Gasteiger partial charge in [0.05, 0.1) is 11.4 Å². The van der Waals surface area contributed by atoms with Crippen molar-refractivity contribution >= 4 is 22.2 Å². The summed E-state index contributed by atoms with van der Waals surface area (Å²) in [5.41, 5.74) is 12.1. The molecule has 1 heterocycles. The van der Waals surface area contributed by atoms with E-state index in [0.29, 0.717) is 22.8 Å². The number of nitrogen functional groups attached to an aromatic ring is 2. The molecule has 0 saturated heterocycles. The second-order valence-corrected chi connectivity index (χ2v) is 2.69. The zero-order valence-electron chi connectivity index (χ0n) is 5.37. The predicted molar refractivity (Wildman–Crippen MR) is 41.7 cm³/mol. The number of aliphatic hydroxyl groups excluding tert-OH is 1. The minimum atomic E-state index is 0.0629. The summed E-state index contributed by atoms with van der Waals surface area (Å²) < 4.78 is 3.94. The molecule has 5 N–H and O–H groups in total. The van der Waals surface area contributed by atoms with Gasteiger partial charge in [-0.25, -0.2) is 0 Å². The number of aliphatic hydroxyl groups is 1. The highest BCUT2D eigenvalue weighted by Crippen LogP contribution is 2.23. The fourth-order valence-corrected chi connectivity index (χ4v) is 1.25. The first-order chi connectivity index (χ1) is 4.75. The molecule has 56 valence electrons. The first-order valence-corrected chi connectivity index (χ1v) is 3.63. The fraction of sp³-hybridized carbons (Fsp3) is 0.400. The highest BCUT2D eigenvalue weighted by atomic mass is 32.1. The Morgan fingerprint density at radius 1 is 1.50 bits per heavy atom. The van der Waals surface area contributed by atoms with Crippen molar-refractivity contribution in [3.05, 3.63) is 5.69 Å². The summed E-state index contributed by atoms with van der Waals surface area (Å²) in [5, 5.41) is 9.05. The van der Waals surface area contributed by atoms with Crippen LogP contribution < -0.4 is 11.5 Å². The SMILES string of the molecule is Nc1snc(CCO)c1N. The molecule has 0 aliphatic heterocycles. The molecule has 0 aliphatic carbocycles. The van der Waals surface area contributed by atoms with Crippen molar-refractivity contribution in [1.29, 1.82) is 0 Å². The number of nitrogens with zero attached hydrogens (tertiary/aromatic N) is 1. The zero-order chi connectivity index (χ0) is 7.56. The van der Waals surface area contributed by atoms with Gasteiger partial charge in [-0.05, 0) is 11.5 Å². The molecule has 1 aromatic rings. The number of hydrogen-bond acceptors (Lipinski definition) is 5. The van der Waals surface area contributed by atoms with Crippen molar-refractivity contribution in [3.8, 4) is 0 Å². The third-order valence-electron chi connectivity index (χ3n) is 1.18. The Morgan fingerprint density at radius 2 is 2.20 bits per heavy atom. The lowest BCUT2D eigenvalue weighted by Gasteiger charge is -1.92. The van der Waals surface area contributed by atoms with E-state index in [-0.39, 0.29) is 6.61 Å². The van der Waals surface area contributed by atoms with Gasteiger partial charge in [0, 0.05) is 13.0 Å². The second-order valence-electron chi connectivity index (χ2n) is 1.88. The number of anilines is 2. The van der Waals surface area contributed by atoms with E-state index < -0.39 is 0 Å². The fourth-order valence-electron chi connectivity index (χ4n) is 0.631. The summed E-state index contributed by atoms with van der Waals surface area (Å²) in [6, 6.07) is 0. The van der Waals surface area contributed by atoms with Gasteiger partial charge >= 0.3 is 0 Å². The monoisotopic (exact) mass is 159 g/mol. The quantitative estimate of drug-likeness (QED) is 0.560. The van der Waals surface area contributed by atoms with Crippen LogP contribution in [0.5, 0.6) is 0 Å². The average Bonchev–Trinajstić information content (AvgIpc) is 2.20. The van der Waals surface area contributed by atoms with Crippen LogP contribution in [-0.2, 0) is 6.42 Å². The van der Waals surface area contributed by atoms with Crippen LogP contribution in [0.4, 0.5) is 10.7 Å². The number of nitrogens with two attached hydrogens (primary N) is 2. The van der Waals surface area contributed by atoms with E-state index in [1.165, 1.54) is 0 Å². The van der Waals surface area contributed by atoms with Crippen molar-refractivity contribution < 1.29 is 5.11 Å². The Hall–Kier alpha value is -0.810. The van der Waals surface area contributed by atoms with Crippen LogP contribution in [0.15, 0.2) is 0 Å². The van der Waals surface area contributed by atoms with Gasteiger partial charge < -0.3 is 16.6 Å². The summed E-state index contributed by atoms with van der Waals surface area (Å²) in [6.45, 7) is 0.0629. The van der Waals surface area contributed by atoms with Gasteiger partial charge in [0.15, 0.2) is 0 Å². The zero-order valence-corrected chi connectivity index (χ0v) is 6.19. The molecule has 0 saturated carbocycles. The van der Waals surface area contributed by atoms with Crippen molar-refractivity contribution in [2.75, 3.05) is 18.1 Å². The van der Waals surface area contributed by atoms with Crippen molar-refractivity contribution in [2.45, 2.75) is 6.42 Å². The molecular formula is C5H9N3OS. The van der Waals surface area contributed by atoms with E-state index in [4.69, 9.17) is 16.6 Å². The Balaban J connectivity index is 2.83. The minimum absolute atomic E-state index is 0.0629. The average molecular weight is 159 g/mol. The lowest BCUT2D eigenvalue weighted by Crippen LogP contribution is -1.97. The topological polar surface area (TPSA) is 85.2 Å². The Bertz CT molecular complexity index is 223. The van der Waals surface area contributed by atoms with E-state index in [1.54, 1.807) is 0 Å². The normalized spacial score (nSPS) is 10.1. The van der Waals surface area contributed by atoms with Crippen LogP contribution in [0.3, 0.4) is 0 Å². The maximum atomic E-state index is 8.52. The van der Waals surface area contributed by atoms with Gasteiger partial charge in [-0.2, -0.15) is 4.37 Å². The van der Waals surface area contributed by atoms with Gasteiger partial charge in [-0.1, -0.05) is 0 Å². The third kappa shape index (κ3) is 1.19. The molecule has 1 rings (SSSR count). The van der Waals surface area contributed by atoms with Crippen LogP contribution in [0.25, 0.3) is 0 Å². The maximum Gasteiger partial charge on any atom is 0.130 e. The standard InChI is InChI=1S/C5H9N3OS/c6-4-3(1-2-9)8-10-5(4)7/h9H,1-2,6-7H2. The van der Waals surface area contributed by atoms with Crippen molar-refractivity contribution in [1.82, 2.24) is 4.37 Å². The molecule has 4 nitrogen and oxygen atoms in total. The van der Waals surface area contributed by atoms with Crippen LogP contribution in [0.2, 0.25) is 0 Å². The van der Waals surface area contributed by atoms with Gasteiger partial charge in [-0.3, -0.25) is 0 Å². The van der Waals surface area contributed by atoms with E-state index >= 15 is 0 Å². The molecule has 0 bridgehead atoms. The van der Waals surface area contributed by atoms with Crippen LogP contribution >= 0.6 is 11.5 Å².